The number of benzene rings is 2. The highest BCUT2D eigenvalue weighted by Gasteiger charge is 2.11. The summed E-state index contributed by atoms with van der Waals surface area (Å²) in [7, 11) is 1.76. The van der Waals surface area contributed by atoms with Crippen molar-refractivity contribution < 1.29 is 13.6 Å². The Bertz CT molecular complexity index is 923. The topological polar surface area (TPSA) is 59.0 Å². The molecule has 0 aliphatic heterocycles. The summed E-state index contributed by atoms with van der Waals surface area (Å²) in [5, 5.41) is 9.63. The highest BCUT2D eigenvalue weighted by Crippen LogP contribution is 2.28. The Morgan fingerprint density at radius 3 is 2.44 bits per heavy atom. The second kappa shape index (κ2) is 6.90. The molecule has 0 atom stereocenters. The van der Waals surface area contributed by atoms with E-state index in [-0.39, 0.29) is 5.69 Å². The van der Waals surface area contributed by atoms with Crippen LogP contribution in [-0.4, -0.2) is 15.8 Å². The van der Waals surface area contributed by atoms with E-state index in [1.807, 2.05) is 6.07 Å². The lowest BCUT2D eigenvalue weighted by Gasteiger charge is -2.10. The van der Waals surface area contributed by atoms with Gasteiger partial charge in [-0.25, -0.2) is 13.6 Å². The Morgan fingerprint density at radius 2 is 1.80 bits per heavy atom. The van der Waals surface area contributed by atoms with Gasteiger partial charge >= 0.3 is 6.03 Å². The SMILES string of the molecule is Cn1ncc(Cl)c1-c1cccc(NC(=O)Nc2ccc(F)c(F)c2)c1. The smallest absolute Gasteiger partial charge is 0.308 e. The van der Waals surface area contributed by atoms with Crippen LogP contribution in [0.25, 0.3) is 11.3 Å². The number of amides is 2. The van der Waals surface area contributed by atoms with Crippen LogP contribution in [0, 0.1) is 11.6 Å². The Morgan fingerprint density at radius 1 is 1.08 bits per heavy atom. The molecule has 3 rings (SSSR count). The summed E-state index contributed by atoms with van der Waals surface area (Å²) in [4.78, 5) is 12.0. The lowest BCUT2D eigenvalue weighted by molar-refractivity contribution is 0.262. The molecular weight excluding hydrogens is 350 g/mol. The molecule has 0 saturated carbocycles. The second-order valence-electron chi connectivity index (χ2n) is 5.25. The molecule has 2 N–H and O–H groups in total. The number of anilines is 2. The summed E-state index contributed by atoms with van der Waals surface area (Å²) in [6, 6.07) is 9.54. The maximum Gasteiger partial charge on any atom is 0.323 e. The summed E-state index contributed by atoms with van der Waals surface area (Å²) >= 11 is 6.12. The molecule has 0 fully saturated rings. The third kappa shape index (κ3) is 3.77. The largest absolute Gasteiger partial charge is 0.323 e. The van der Waals surface area contributed by atoms with Gasteiger partial charge in [0.2, 0.25) is 0 Å². The van der Waals surface area contributed by atoms with Crippen molar-refractivity contribution in [3.8, 4) is 11.3 Å². The molecule has 0 aliphatic rings. The van der Waals surface area contributed by atoms with Gasteiger partial charge in [-0.15, -0.1) is 0 Å². The van der Waals surface area contributed by atoms with Gasteiger partial charge in [-0.2, -0.15) is 5.10 Å². The molecule has 3 aromatic rings. The van der Waals surface area contributed by atoms with Gasteiger partial charge < -0.3 is 10.6 Å². The van der Waals surface area contributed by atoms with Gasteiger partial charge in [-0.3, -0.25) is 4.68 Å². The molecule has 0 saturated heterocycles. The molecule has 0 spiro atoms. The summed E-state index contributed by atoms with van der Waals surface area (Å²) in [5.74, 6) is -2.02. The van der Waals surface area contributed by atoms with Crippen molar-refractivity contribution in [2.45, 2.75) is 0 Å². The van der Waals surface area contributed by atoms with E-state index in [1.54, 1.807) is 29.9 Å². The van der Waals surface area contributed by atoms with Gasteiger partial charge in [-0.05, 0) is 24.3 Å². The van der Waals surface area contributed by atoms with E-state index in [0.29, 0.717) is 16.4 Å². The highest BCUT2D eigenvalue weighted by molar-refractivity contribution is 6.33. The Balaban J connectivity index is 1.76. The normalized spacial score (nSPS) is 10.6. The minimum atomic E-state index is -1.04. The number of rotatable bonds is 3. The van der Waals surface area contributed by atoms with Gasteiger partial charge in [0.1, 0.15) is 0 Å². The van der Waals surface area contributed by atoms with Gasteiger partial charge in [-0.1, -0.05) is 23.7 Å². The quantitative estimate of drug-likeness (QED) is 0.711. The first-order valence-corrected chi connectivity index (χ1v) is 7.63. The Kier molecular flexibility index (Phi) is 4.67. The summed E-state index contributed by atoms with van der Waals surface area (Å²) < 4.78 is 27.7. The van der Waals surface area contributed by atoms with E-state index < -0.39 is 17.7 Å². The summed E-state index contributed by atoms with van der Waals surface area (Å²) in [6.45, 7) is 0. The van der Waals surface area contributed by atoms with Crippen LogP contribution in [0.4, 0.5) is 25.0 Å². The van der Waals surface area contributed by atoms with E-state index in [0.717, 1.165) is 17.7 Å². The van der Waals surface area contributed by atoms with Crippen molar-refractivity contribution in [3.05, 3.63) is 65.3 Å². The number of carbonyl (C=O) groups is 1. The van der Waals surface area contributed by atoms with Crippen molar-refractivity contribution in [1.29, 1.82) is 0 Å². The van der Waals surface area contributed by atoms with Gasteiger partial charge in [0.05, 0.1) is 16.9 Å². The fourth-order valence-corrected chi connectivity index (χ4v) is 2.62. The average Bonchev–Trinajstić information content (AvgIpc) is 2.90. The standard InChI is InChI=1S/C17H13ClF2N4O/c1-24-16(13(18)9-21-24)10-3-2-4-11(7-10)22-17(25)23-12-5-6-14(19)15(20)8-12/h2-9H,1H3,(H2,22,23,25). The lowest BCUT2D eigenvalue weighted by Crippen LogP contribution is -2.19. The number of nitrogens with zero attached hydrogens (tertiary/aromatic N) is 2. The van der Waals surface area contributed by atoms with Crippen molar-refractivity contribution in [2.24, 2.45) is 7.05 Å². The first kappa shape index (κ1) is 16.9. The number of hydrogen-bond acceptors (Lipinski definition) is 2. The van der Waals surface area contributed by atoms with Crippen LogP contribution >= 0.6 is 11.6 Å². The molecule has 8 heteroatoms. The predicted octanol–water partition coefficient (Wildman–Crippen LogP) is 4.66. The van der Waals surface area contributed by atoms with Crippen molar-refractivity contribution in [3.63, 3.8) is 0 Å². The number of urea groups is 1. The Labute approximate surface area is 147 Å². The third-order valence-corrected chi connectivity index (χ3v) is 3.74. The van der Waals surface area contributed by atoms with E-state index in [4.69, 9.17) is 11.6 Å². The first-order valence-electron chi connectivity index (χ1n) is 7.25. The first-order chi connectivity index (χ1) is 11.9. The zero-order valence-corrected chi connectivity index (χ0v) is 13.8. The number of halogens is 3. The van der Waals surface area contributed by atoms with Gasteiger partial charge in [0.15, 0.2) is 11.6 Å². The van der Waals surface area contributed by atoms with Crippen LogP contribution in [0.1, 0.15) is 0 Å². The van der Waals surface area contributed by atoms with Crippen LogP contribution in [0.2, 0.25) is 5.02 Å². The molecule has 0 radical (unpaired) electrons. The van der Waals surface area contributed by atoms with E-state index in [9.17, 15) is 13.6 Å². The van der Waals surface area contributed by atoms with Crippen molar-refractivity contribution >= 4 is 29.0 Å². The van der Waals surface area contributed by atoms with Crippen LogP contribution in [0.3, 0.4) is 0 Å². The predicted molar refractivity (Wildman–Crippen MR) is 92.7 cm³/mol. The van der Waals surface area contributed by atoms with Crippen molar-refractivity contribution in [1.82, 2.24) is 9.78 Å². The number of aryl methyl sites for hydroxylation is 1. The van der Waals surface area contributed by atoms with Gasteiger partial charge in [0.25, 0.3) is 0 Å². The number of carbonyl (C=O) groups excluding carboxylic acids is 1. The van der Waals surface area contributed by atoms with E-state index in [1.165, 1.54) is 12.3 Å². The fourth-order valence-electron chi connectivity index (χ4n) is 2.35. The molecule has 0 aliphatic carbocycles. The number of hydrogen-bond donors (Lipinski definition) is 2. The average molecular weight is 363 g/mol. The maximum atomic E-state index is 13.2. The van der Waals surface area contributed by atoms with Crippen LogP contribution in [0.5, 0.6) is 0 Å². The molecule has 25 heavy (non-hydrogen) atoms. The zero-order valence-electron chi connectivity index (χ0n) is 13.1. The van der Waals surface area contributed by atoms with E-state index >= 15 is 0 Å². The summed E-state index contributed by atoms with van der Waals surface area (Å²) in [5.41, 5.74) is 2.14. The van der Waals surface area contributed by atoms with Crippen molar-refractivity contribution in [2.75, 3.05) is 10.6 Å². The van der Waals surface area contributed by atoms with Crippen LogP contribution in [-0.2, 0) is 7.05 Å². The Hall–Kier alpha value is -2.93. The molecular formula is C17H13ClF2N4O. The molecule has 1 heterocycles. The number of nitrogens with one attached hydrogen (secondary N) is 2. The van der Waals surface area contributed by atoms with Gasteiger partial charge in [0, 0.05) is 30.1 Å². The molecule has 1 aromatic heterocycles. The van der Waals surface area contributed by atoms with Crippen LogP contribution in [0.15, 0.2) is 48.7 Å². The molecule has 0 unspecified atom stereocenters. The lowest BCUT2D eigenvalue weighted by atomic mass is 10.1. The number of aromatic nitrogens is 2. The molecule has 5 nitrogen and oxygen atoms in total. The molecule has 0 bridgehead atoms. The maximum absolute atomic E-state index is 13.2. The monoisotopic (exact) mass is 362 g/mol. The minimum Gasteiger partial charge on any atom is -0.308 e. The molecule has 2 amide bonds. The zero-order chi connectivity index (χ0) is 18.0. The molecule has 128 valence electrons. The van der Waals surface area contributed by atoms with Crippen LogP contribution < -0.4 is 10.6 Å². The minimum absolute atomic E-state index is 0.141. The highest BCUT2D eigenvalue weighted by atomic mass is 35.5. The summed E-state index contributed by atoms with van der Waals surface area (Å²) in [6.07, 6.45) is 1.53. The molecule has 2 aromatic carbocycles. The van der Waals surface area contributed by atoms with E-state index in [2.05, 4.69) is 15.7 Å². The second-order valence-corrected chi connectivity index (χ2v) is 5.66. The fraction of sp³-hybridized carbons (Fsp3) is 0.0588. The third-order valence-electron chi connectivity index (χ3n) is 3.47.